The summed E-state index contributed by atoms with van der Waals surface area (Å²) in [6.45, 7) is 13.8. The Kier molecular flexibility index (Phi) is 12.0. The Balaban J connectivity index is 1.37. The molecule has 1 heterocycles. The van der Waals surface area contributed by atoms with E-state index in [0.29, 0.717) is 66.8 Å². The summed E-state index contributed by atoms with van der Waals surface area (Å²) >= 11 is 1.52. The number of ketones is 1. The van der Waals surface area contributed by atoms with Crippen molar-refractivity contribution in [2.75, 3.05) is 13.1 Å². The van der Waals surface area contributed by atoms with Gasteiger partial charge in [-0.25, -0.2) is 4.79 Å². The predicted molar refractivity (Wildman–Crippen MR) is 212 cm³/mol. The smallest absolute Gasteiger partial charge is 0.410 e. The summed E-state index contributed by atoms with van der Waals surface area (Å²) in [6, 6.07) is 16.3. The lowest BCUT2D eigenvalue weighted by molar-refractivity contribution is -0.0862. The SMILES string of the molecule is CCCN(C[C@]1(O)CC[C@H]2c3ccc(cc3C(=O)c3cc4ccccc4s3)C[C@@H](O)CCC(C)=CCC[C@@]21C)C(=O)O[C@H]1C[C@@H](C)CC[C@@H]1C(C)C. The molecule has 0 unspecified atom stereocenters. The van der Waals surface area contributed by atoms with Crippen molar-refractivity contribution in [3.8, 4) is 0 Å². The minimum absolute atomic E-state index is 0.00855. The predicted octanol–water partition coefficient (Wildman–Crippen LogP) is 10.5. The van der Waals surface area contributed by atoms with E-state index in [1.54, 1.807) is 4.90 Å². The number of ether oxygens (including phenoxy) is 1. The van der Waals surface area contributed by atoms with Gasteiger partial charge in [0.25, 0.3) is 0 Å². The van der Waals surface area contributed by atoms with Gasteiger partial charge >= 0.3 is 6.09 Å². The Hall–Kier alpha value is -3.00. The third-order valence-corrected chi connectivity index (χ3v) is 14.1. The zero-order chi connectivity index (χ0) is 37.2. The summed E-state index contributed by atoms with van der Waals surface area (Å²) < 4.78 is 7.46. The van der Waals surface area contributed by atoms with E-state index in [0.717, 1.165) is 59.7 Å². The third kappa shape index (κ3) is 8.07. The molecule has 1 aromatic heterocycles. The number of thiophene rings is 1. The first-order chi connectivity index (χ1) is 24.8. The van der Waals surface area contributed by atoms with Crippen LogP contribution >= 0.6 is 11.3 Å². The van der Waals surface area contributed by atoms with Gasteiger partial charge in [0.2, 0.25) is 5.78 Å². The number of allylic oxidation sites excluding steroid dienone is 2. The van der Waals surface area contributed by atoms with Crippen molar-refractivity contribution in [3.63, 3.8) is 0 Å². The van der Waals surface area contributed by atoms with Gasteiger partial charge in [-0.1, -0.05) is 83.0 Å². The first-order valence-electron chi connectivity index (χ1n) is 20.0. The fourth-order valence-electron chi connectivity index (χ4n) is 9.70. The van der Waals surface area contributed by atoms with Crippen molar-refractivity contribution in [2.45, 2.75) is 136 Å². The molecular formula is C45H61NO5S. The van der Waals surface area contributed by atoms with Crippen molar-refractivity contribution in [1.29, 1.82) is 0 Å². The van der Waals surface area contributed by atoms with Gasteiger partial charge in [0.1, 0.15) is 6.10 Å². The lowest BCUT2D eigenvalue weighted by Crippen LogP contribution is -2.54. The number of aliphatic hydroxyl groups excluding tert-OH is 1. The molecule has 52 heavy (non-hydrogen) atoms. The average molecular weight is 728 g/mol. The molecule has 1 amide bonds. The molecule has 4 aliphatic rings. The Morgan fingerprint density at radius 2 is 1.85 bits per heavy atom. The maximum Gasteiger partial charge on any atom is 0.410 e. The molecule has 0 saturated heterocycles. The standard InChI is InChI=1S/C45H61NO5S/c1-7-23-46(43(49)51-39-24-31(5)15-18-35(39)29(2)3)28-45(50)22-20-38-36-19-16-32(25-34(47)17-14-30(4)11-10-21-44(38,45)6)26-37(36)42(48)41-27-33-12-8-9-13-40(33)52-41/h8-9,11-13,16,19,26-27,29,31,34-35,38-39,47,50H,7,10,14-15,17-18,20-25,28H2,1-6H3/t31-,34-,35+,38-,39-,44-,45+/m0/s1. The summed E-state index contributed by atoms with van der Waals surface area (Å²) in [6.07, 6.45) is 9.86. The number of rotatable bonds is 8. The number of aliphatic hydroxyl groups is 2. The first kappa shape index (κ1) is 38.7. The fourth-order valence-corrected chi connectivity index (χ4v) is 10.7. The van der Waals surface area contributed by atoms with Crippen molar-refractivity contribution in [3.05, 3.63) is 81.7 Å². The minimum atomic E-state index is -1.19. The summed E-state index contributed by atoms with van der Waals surface area (Å²) in [5.74, 6) is 1.18. The third-order valence-electron chi connectivity index (χ3n) is 13.0. The largest absolute Gasteiger partial charge is 0.446 e. The molecule has 3 aromatic rings. The number of carbonyl (C=O) groups is 2. The normalized spacial score (nSPS) is 29.8. The van der Waals surface area contributed by atoms with E-state index in [4.69, 9.17) is 4.74 Å². The molecular weight excluding hydrogens is 667 g/mol. The molecule has 2 N–H and O–H groups in total. The van der Waals surface area contributed by atoms with E-state index < -0.39 is 17.1 Å². The summed E-state index contributed by atoms with van der Waals surface area (Å²) in [7, 11) is 0. The molecule has 0 spiro atoms. The van der Waals surface area contributed by atoms with Gasteiger partial charge in [-0.3, -0.25) is 4.79 Å². The second kappa shape index (κ2) is 16.2. The van der Waals surface area contributed by atoms with Gasteiger partial charge in [0.05, 0.1) is 23.1 Å². The van der Waals surface area contributed by atoms with E-state index in [-0.39, 0.29) is 30.4 Å². The molecule has 2 fully saturated rings. The Labute approximate surface area is 315 Å². The highest BCUT2D eigenvalue weighted by Crippen LogP contribution is 2.59. The van der Waals surface area contributed by atoms with Crippen LogP contribution in [0.15, 0.2) is 60.2 Å². The molecule has 6 nitrogen and oxygen atoms in total. The molecule has 7 heteroatoms. The highest BCUT2D eigenvalue weighted by atomic mass is 32.1. The van der Waals surface area contributed by atoms with E-state index in [2.05, 4.69) is 65.8 Å². The number of benzene rings is 2. The lowest BCUT2D eigenvalue weighted by Gasteiger charge is -2.46. The van der Waals surface area contributed by atoms with E-state index in [1.807, 2.05) is 30.3 Å². The molecule has 2 aromatic carbocycles. The average Bonchev–Trinajstić information content (AvgIpc) is 3.65. The Morgan fingerprint density at radius 1 is 1.06 bits per heavy atom. The number of carbonyl (C=O) groups excluding carboxylic acids is 2. The maximum absolute atomic E-state index is 14.6. The van der Waals surface area contributed by atoms with Crippen LogP contribution in [0.3, 0.4) is 0 Å². The summed E-state index contributed by atoms with van der Waals surface area (Å²) in [4.78, 5) is 31.2. The van der Waals surface area contributed by atoms with Crippen LogP contribution in [0.4, 0.5) is 4.79 Å². The van der Waals surface area contributed by atoms with Crippen LogP contribution in [-0.4, -0.2) is 57.9 Å². The van der Waals surface area contributed by atoms with Crippen LogP contribution in [0.5, 0.6) is 0 Å². The fraction of sp³-hybridized carbons (Fsp3) is 0.600. The quantitative estimate of drug-likeness (QED) is 0.178. The zero-order valence-electron chi connectivity index (χ0n) is 32.3. The van der Waals surface area contributed by atoms with Gasteiger partial charge in [-0.05, 0) is 130 Å². The molecule has 282 valence electrons. The molecule has 2 saturated carbocycles. The van der Waals surface area contributed by atoms with E-state index in [9.17, 15) is 19.8 Å². The van der Waals surface area contributed by atoms with Crippen LogP contribution in [0, 0.1) is 23.2 Å². The minimum Gasteiger partial charge on any atom is -0.446 e. The number of nitrogens with zero attached hydrogens (tertiary/aromatic N) is 1. The molecule has 7 rings (SSSR count). The van der Waals surface area contributed by atoms with Gasteiger partial charge in [0.15, 0.2) is 0 Å². The van der Waals surface area contributed by atoms with Gasteiger partial charge in [0, 0.05) is 22.2 Å². The molecule has 0 radical (unpaired) electrons. The monoisotopic (exact) mass is 727 g/mol. The molecule has 4 aliphatic carbocycles. The van der Waals surface area contributed by atoms with Crippen LogP contribution in [0.25, 0.3) is 10.1 Å². The number of fused-ring (bicyclic) bond motifs is 9. The summed E-state index contributed by atoms with van der Waals surface area (Å²) in [5.41, 5.74) is 1.99. The molecule has 0 aliphatic heterocycles. The van der Waals surface area contributed by atoms with Crippen molar-refractivity contribution in [1.82, 2.24) is 4.90 Å². The molecule has 2 bridgehead atoms. The number of hydrogen-bond acceptors (Lipinski definition) is 6. The zero-order valence-corrected chi connectivity index (χ0v) is 33.1. The van der Waals surface area contributed by atoms with E-state index >= 15 is 0 Å². The van der Waals surface area contributed by atoms with Crippen LogP contribution < -0.4 is 0 Å². The van der Waals surface area contributed by atoms with E-state index in [1.165, 1.54) is 16.9 Å². The van der Waals surface area contributed by atoms with Crippen LogP contribution in [0.1, 0.15) is 138 Å². The number of amides is 1. The topological polar surface area (TPSA) is 87.1 Å². The first-order valence-corrected chi connectivity index (χ1v) is 20.8. The van der Waals surface area contributed by atoms with Gasteiger partial charge < -0.3 is 19.8 Å². The summed E-state index contributed by atoms with van der Waals surface area (Å²) in [5, 5.41) is 25.1. The lowest BCUT2D eigenvalue weighted by atomic mass is 9.64. The second-order valence-electron chi connectivity index (χ2n) is 17.1. The van der Waals surface area contributed by atoms with Crippen molar-refractivity contribution >= 4 is 33.3 Å². The van der Waals surface area contributed by atoms with Crippen LogP contribution in [0.2, 0.25) is 0 Å². The maximum atomic E-state index is 14.6. The van der Waals surface area contributed by atoms with Crippen molar-refractivity contribution < 1.29 is 24.5 Å². The highest BCUT2D eigenvalue weighted by Gasteiger charge is 2.58. The van der Waals surface area contributed by atoms with Crippen LogP contribution in [-0.2, 0) is 11.2 Å². The Bertz CT molecular complexity index is 1730. The molecule has 7 atom stereocenters. The number of hydrogen-bond donors (Lipinski definition) is 2. The Morgan fingerprint density at radius 3 is 2.60 bits per heavy atom. The van der Waals surface area contributed by atoms with Crippen molar-refractivity contribution in [2.24, 2.45) is 23.2 Å². The highest BCUT2D eigenvalue weighted by molar-refractivity contribution is 7.21. The second-order valence-corrected chi connectivity index (χ2v) is 18.2. The van der Waals surface area contributed by atoms with Gasteiger partial charge in [-0.2, -0.15) is 0 Å². The van der Waals surface area contributed by atoms with Gasteiger partial charge in [-0.15, -0.1) is 11.3 Å².